The number of carbonyl (C=O) groups excluding carboxylic acids is 3. The molecule has 0 aromatic carbocycles. The molecule has 0 radical (unpaired) electrons. The van der Waals surface area contributed by atoms with Crippen molar-refractivity contribution in [2.24, 2.45) is 5.16 Å². The predicted molar refractivity (Wildman–Crippen MR) is 120 cm³/mol. The predicted octanol–water partition coefficient (Wildman–Crippen LogP) is -0.931. The Bertz CT molecular complexity index is 1250. The Morgan fingerprint density at radius 1 is 1.42 bits per heavy atom. The number of nitrogens with two attached hydrogens (primary N) is 1. The zero-order chi connectivity index (χ0) is 26.0. The first-order chi connectivity index (χ1) is 17.2. The van der Waals surface area contributed by atoms with Crippen LogP contribution >= 0.6 is 23.1 Å². The van der Waals surface area contributed by atoms with Gasteiger partial charge in [0.25, 0.3) is 11.8 Å². The van der Waals surface area contributed by atoms with Crippen molar-refractivity contribution >= 4 is 51.7 Å². The van der Waals surface area contributed by atoms with Crippen molar-refractivity contribution in [2.45, 2.75) is 24.6 Å². The molecule has 1 saturated heterocycles. The average Bonchev–Trinajstić information content (AvgIpc) is 3.28. The molecule has 12 nitrogen and oxygen atoms in total. The van der Waals surface area contributed by atoms with Crippen molar-refractivity contribution in [3.8, 4) is 5.75 Å². The highest BCUT2D eigenvalue weighted by Gasteiger charge is 2.53. The van der Waals surface area contributed by atoms with Crippen LogP contribution in [0.5, 0.6) is 5.75 Å². The lowest BCUT2D eigenvalue weighted by Gasteiger charge is -2.50. The summed E-state index contributed by atoms with van der Waals surface area (Å²) in [6.07, 6.45) is 3.40. The molecule has 0 spiro atoms. The molecular weight excluding hydrogens is 522 g/mol. The summed E-state index contributed by atoms with van der Waals surface area (Å²) in [6.45, 7) is -3.11. The maximum Gasteiger partial charge on any atom is 0.407 e. The molecule has 190 valence electrons. The number of nitrogens with zero attached hydrogens (tertiary/aromatic N) is 4. The Labute approximate surface area is 210 Å². The molecular formula is C20H18F2N6O6S2. The van der Waals surface area contributed by atoms with Gasteiger partial charge in [-0.25, -0.2) is 9.55 Å². The number of halogens is 2. The van der Waals surface area contributed by atoms with Crippen LogP contribution in [0.1, 0.15) is 5.69 Å². The minimum absolute atomic E-state index is 0.0577. The van der Waals surface area contributed by atoms with Crippen LogP contribution in [-0.2, 0) is 25.8 Å². The summed E-state index contributed by atoms with van der Waals surface area (Å²) in [4.78, 5) is 46.4. The van der Waals surface area contributed by atoms with Gasteiger partial charge in [-0.3, -0.25) is 14.5 Å². The van der Waals surface area contributed by atoms with Gasteiger partial charge >= 0.3 is 6.61 Å². The van der Waals surface area contributed by atoms with Gasteiger partial charge in [0.2, 0.25) is 0 Å². The number of amides is 2. The molecule has 0 bridgehead atoms. The second-order valence-corrected chi connectivity index (χ2v) is 9.38. The number of thioether (sulfide) groups is 1. The number of carboxylic acids is 1. The highest BCUT2D eigenvalue weighted by molar-refractivity contribution is 8.00. The number of thiazole rings is 1. The van der Waals surface area contributed by atoms with Gasteiger partial charge in [0.15, 0.2) is 29.8 Å². The maximum atomic E-state index is 12.9. The van der Waals surface area contributed by atoms with Crippen LogP contribution in [0, 0.1) is 0 Å². The zero-order valence-electron chi connectivity index (χ0n) is 18.4. The Kier molecular flexibility index (Phi) is 7.35. The van der Waals surface area contributed by atoms with E-state index in [1.54, 1.807) is 29.1 Å². The first kappa shape index (κ1) is 25.3. The Morgan fingerprint density at radius 3 is 2.72 bits per heavy atom. The summed E-state index contributed by atoms with van der Waals surface area (Å²) in [5, 5.41) is 18.1. The molecule has 0 saturated carbocycles. The minimum Gasteiger partial charge on any atom is -0.543 e. The monoisotopic (exact) mass is 540 g/mol. The summed E-state index contributed by atoms with van der Waals surface area (Å²) in [7, 11) is 1.52. The second-order valence-electron chi connectivity index (χ2n) is 7.39. The third-order valence-corrected chi connectivity index (χ3v) is 7.21. The van der Waals surface area contributed by atoms with Gasteiger partial charge in [-0.2, -0.15) is 8.78 Å². The quantitative estimate of drug-likeness (QED) is 0.177. The number of alkyl halides is 2. The lowest BCUT2D eigenvalue weighted by atomic mass is 10.0. The van der Waals surface area contributed by atoms with Crippen LogP contribution in [0.4, 0.5) is 13.9 Å². The number of aromatic nitrogens is 2. The Balaban J connectivity index is 1.52. The fourth-order valence-corrected chi connectivity index (χ4v) is 5.48. The SMILES string of the molecule is COc1cc[n+](CC2=C(C(=O)[O-])N3C(=O)C(NC(=O)C(=NOC(F)F)c4csc(N)n4)[C@@H]3SC2)cc1. The summed E-state index contributed by atoms with van der Waals surface area (Å²) < 4.78 is 31.8. The van der Waals surface area contributed by atoms with E-state index in [1.165, 1.54) is 24.3 Å². The number of pyridine rings is 1. The van der Waals surface area contributed by atoms with Crippen molar-refractivity contribution in [3.63, 3.8) is 0 Å². The number of rotatable bonds is 9. The van der Waals surface area contributed by atoms with Gasteiger partial charge < -0.3 is 30.5 Å². The third-order valence-electron chi connectivity index (χ3n) is 5.20. The minimum atomic E-state index is -3.30. The summed E-state index contributed by atoms with van der Waals surface area (Å²) in [5.74, 6) is -2.39. The number of hydrogen-bond acceptors (Lipinski definition) is 11. The number of oxime groups is 1. The molecule has 2 amide bonds. The molecule has 0 aliphatic carbocycles. The van der Waals surface area contributed by atoms with E-state index in [1.807, 2.05) is 0 Å². The molecule has 2 aromatic heterocycles. The van der Waals surface area contributed by atoms with E-state index in [4.69, 9.17) is 10.5 Å². The average molecular weight is 541 g/mol. The number of fused-ring (bicyclic) bond motifs is 1. The number of nitrogen functional groups attached to an aromatic ring is 1. The topological polar surface area (TPSA) is 163 Å². The van der Waals surface area contributed by atoms with Gasteiger partial charge in [0, 0.05) is 28.8 Å². The van der Waals surface area contributed by atoms with Crippen molar-refractivity contribution in [3.05, 3.63) is 46.9 Å². The largest absolute Gasteiger partial charge is 0.543 e. The van der Waals surface area contributed by atoms with Crippen molar-refractivity contribution < 1.29 is 42.4 Å². The van der Waals surface area contributed by atoms with Crippen LogP contribution in [0.25, 0.3) is 0 Å². The molecule has 2 aromatic rings. The maximum absolute atomic E-state index is 12.9. The van der Waals surface area contributed by atoms with E-state index in [2.05, 4.69) is 20.3 Å². The molecule has 16 heteroatoms. The first-order valence-corrected chi connectivity index (χ1v) is 12.1. The van der Waals surface area contributed by atoms with Crippen molar-refractivity contribution in [1.82, 2.24) is 15.2 Å². The van der Waals surface area contributed by atoms with Crippen LogP contribution in [-0.4, -0.2) is 64.3 Å². The molecule has 1 unspecified atom stereocenters. The molecule has 2 atom stereocenters. The van der Waals surface area contributed by atoms with Gasteiger partial charge in [0.05, 0.1) is 18.8 Å². The number of ether oxygens (including phenoxy) is 1. The molecule has 4 heterocycles. The normalized spacial score (nSPS) is 19.6. The lowest BCUT2D eigenvalue weighted by molar-refractivity contribution is -0.689. The van der Waals surface area contributed by atoms with E-state index in [0.29, 0.717) is 11.3 Å². The number of nitrogens with one attached hydrogen (secondary N) is 1. The van der Waals surface area contributed by atoms with E-state index in [9.17, 15) is 28.3 Å². The van der Waals surface area contributed by atoms with E-state index < -0.39 is 41.5 Å². The molecule has 36 heavy (non-hydrogen) atoms. The molecule has 1 fully saturated rings. The summed E-state index contributed by atoms with van der Waals surface area (Å²) in [5.41, 5.74) is 4.97. The van der Waals surface area contributed by atoms with Crippen LogP contribution < -0.4 is 25.5 Å². The molecule has 4 rings (SSSR count). The number of hydrogen-bond donors (Lipinski definition) is 2. The highest BCUT2D eigenvalue weighted by Crippen LogP contribution is 2.40. The number of anilines is 1. The number of aliphatic carboxylic acids is 1. The van der Waals surface area contributed by atoms with E-state index >= 15 is 0 Å². The summed E-state index contributed by atoms with van der Waals surface area (Å²) >= 11 is 2.18. The lowest BCUT2D eigenvalue weighted by Crippen LogP contribution is -2.71. The highest BCUT2D eigenvalue weighted by atomic mass is 32.2. The summed E-state index contributed by atoms with van der Waals surface area (Å²) in [6, 6.07) is 2.26. The van der Waals surface area contributed by atoms with Gasteiger partial charge in [-0.05, 0) is 0 Å². The van der Waals surface area contributed by atoms with Crippen molar-refractivity contribution in [2.75, 3.05) is 18.6 Å². The molecule has 2 aliphatic heterocycles. The Hall–Kier alpha value is -3.79. The zero-order valence-corrected chi connectivity index (χ0v) is 20.1. The van der Waals surface area contributed by atoms with Crippen LogP contribution in [0.3, 0.4) is 0 Å². The van der Waals surface area contributed by atoms with Crippen LogP contribution in [0.15, 0.2) is 46.3 Å². The standard InChI is InChI=1S/C20H18F2N6O6S2/c1-33-10-2-4-27(5-3-10)6-9-7-35-17-13(16(30)28(17)14(9)18(31)32)25-15(29)12(26-34-19(21)22)11-8-36-20(23)24-11/h2-5,8,13,17,19H,6-7H2,1H3,(H3-,23,24,25,29,31,32)/t13?,17-/m0/s1. The van der Waals surface area contributed by atoms with Gasteiger partial charge in [-0.15, -0.1) is 23.1 Å². The number of carbonyl (C=O) groups is 3. The smallest absolute Gasteiger partial charge is 0.407 e. The molecule has 2 aliphatic rings. The Morgan fingerprint density at radius 2 is 2.14 bits per heavy atom. The first-order valence-electron chi connectivity index (χ1n) is 10.1. The molecule has 3 N–H and O–H groups in total. The third kappa shape index (κ3) is 5.08. The van der Waals surface area contributed by atoms with E-state index in [0.717, 1.165) is 16.2 Å². The fraction of sp³-hybridized carbons (Fsp3) is 0.300. The number of carboxylic acid groups (broad SMARTS) is 1. The number of β-lactam (4-membered cyclic amide) rings is 1. The van der Waals surface area contributed by atoms with Gasteiger partial charge in [-0.1, -0.05) is 5.16 Å². The number of methoxy groups -OCH3 is 1. The fourth-order valence-electron chi connectivity index (χ4n) is 3.60. The second kappa shape index (κ2) is 10.4. The van der Waals surface area contributed by atoms with Gasteiger partial charge in [0.1, 0.15) is 22.9 Å². The van der Waals surface area contributed by atoms with Crippen molar-refractivity contribution in [1.29, 1.82) is 0 Å². The van der Waals surface area contributed by atoms with Crippen LogP contribution in [0.2, 0.25) is 0 Å². The van der Waals surface area contributed by atoms with E-state index in [-0.39, 0.29) is 28.8 Å².